The topological polar surface area (TPSA) is 30.0 Å². The smallest absolute Gasteiger partial charge is 0.411 e. The van der Waals surface area contributed by atoms with Crippen LogP contribution in [0.2, 0.25) is 0 Å². The Morgan fingerprint density at radius 2 is 0.289 bits per heavy atom. The Morgan fingerprint density at radius 1 is 0.205 bits per heavy atom. The van der Waals surface area contributed by atoms with Gasteiger partial charge in [0.05, 0.1) is 0 Å². The summed E-state index contributed by atoms with van der Waals surface area (Å²) in [6.07, 6.45) is 64.1. The molecule has 0 heterocycles. The van der Waals surface area contributed by atoms with Crippen LogP contribution in [0.15, 0.2) is 0 Å². The van der Waals surface area contributed by atoms with Gasteiger partial charge in [-0.3, -0.25) is 0 Å². The molecule has 0 bridgehead atoms. The van der Waals surface area contributed by atoms with E-state index in [2.05, 4.69) is 87.5 Å². The molecule has 0 amide bonds. The van der Waals surface area contributed by atoms with Crippen LogP contribution in [0.4, 0.5) is 0 Å². The summed E-state index contributed by atoms with van der Waals surface area (Å²) < 4.78 is 10.5. The van der Waals surface area contributed by atoms with E-state index >= 15 is 0 Å². The Morgan fingerprint density at radius 3 is 0.373 bits per heavy atom. The van der Waals surface area contributed by atoms with Crippen molar-refractivity contribution in [2.24, 2.45) is 0 Å². The minimum atomic E-state index is 0. The molecule has 0 unspecified atom stereocenters. The summed E-state index contributed by atoms with van der Waals surface area (Å²) in [6, 6.07) is 0. The Balaban J connectivity index is -0.000000235. The number of thiocarbonyl (C=S) groups is 4. The van der Waals surface area contributed by atoms with Crippen molar-refractivity contribution in [3.63, 3.8) is 0 Å². The van der Waals surface area contributed by atoms with E-state index in [-0.39, 0.29) is 21.1 Å². The average molecular weight is 1410 g/mol. The van der Waals surface area contributed by atoms with Crippen LogP contribution >= 0.6 is 48.9 Å². The van der Waals surface area contributed by atoms with Crippen LogP contribution in [-0.2, 0) is 84.1 Å². The van der Waals surface area contributed by atoms with Crippen molar-refractivity contribution in [3.05, 3.63) is 0 Å². The summed E-state index contributed by atoms with van der Waals surface area (Å²) in [7, 11) is 0. The molecule has 0 fully saturated rings. The molecule has 0 aromatic carbocycles. The molecule has 0 saturated carbocycles. The quantitative estimate of drug-likeness (QED) is 0.0251. The summed E-state index contributed by atoms with van der Waals surface area (Å²) in [5, 5.41) is 0. The fourth-order valence-electron chi connectivity index (χ4n) is 9.84. The van der Waals surface area contributed by atoms with Gasteiger partial charge in [-0.15, -0.1) is 0 Å². The van der Waals surface area contributed by atoms with E-state index in [1.165, 1.54) is 308 Å². The number of rotatable bonds is 56. The van der Waals surface area contributed by atoms with E-state index < -0.39 is 0 Å². The fourth-order valence-corrected chi connectivity index (χ4v) is 11.3. The normalized spacial score (nSPS) is 10.4. The van der Waals surface area contributed by atoms with Crippen LogP contribution in [0.3, 0.4) is 0 Å². The molecule has 5 nitrogen and oxygen atoms in total. The van der Waals surface area contributed by atoms with Crippen LogP contribution in [-0.4, -0.2) is 93.4 Å². The molecule has 0 aliphatic heterocycles. The molecular formula is C68H136MoN4OS9. The van der Waals surface area contributed by atoms with E-state index in [9.17, 15) is 0 Å². The van der Waals surface area contributed by atoms with Crippen LogP contribution < -0.4 is 0 Å². The molecular weight excluding hydrogens is 1270 g/mol. The third-order valence-electron chi connectivity index (χ3n) is 15.3. The fraction of sp³-hybridized carbons (Fsp3) is 0.941. The van der Waals surface area contributed by atoms with Gasteiger partial charge in [-0.1, -0.05) is 330 Å². The first-order chi connectivity index (χ1) is 39.9. The summed E-state index contributed by atoms with van der Waals surface area (Å²) in [6.45, 7) is 26.7. The molecule has 0 rings (SSSR count). The summed E-state index contributed by atoms with van der Waals surface area (Å²) in [5.74, 6) is 0. The van der Waals surface area contributed by atoms with Crippen LogP contribution in [0, 0.1) is 0 Å². The van der Waals surface area contributed by atoms with Gasteiger partial charge in [0.1, 0.15) is 0 Å². The Kier molecular flexibility index (Phi) is 97.8. The monoisotopic (exact) mass is 1410 g/mol. The van der Waals surface area contributed by atoms with E-state index in [4.69, 9.17) is 104 Å². The second-order valence-electron chi connectivity index (χ2n) is 23.2. The maximum Gasteiger partial charge on any atom is 4.00 e. The van der Waals surface area contributed by atoms with Crippen molar-refractivity contribution < 1.29 is 25.3 Å². The maximum absolute atomic E-state index is 7.83. The van der Waals surface area contributed by atoms with Crippen molar-refractivity contribution >= 4 is 129 Å². The molecule has 0 aromatic heterocycles. The third kappa shape index (κ3) is 83.1. The third-order valence-corrected chi connectivity index (χ3v) is 17.4. The minimum Gasteiger partial charge on any atom is -0.411 e. The molecule has 83 heavy (non-hydrogen) atoms. The zero-order valence-corrected chi connectivity index (χ0v) is 65.2. The van der Waals surface area contributed by atoms with Gasteiger partial charge in [-0.2, -0.15) is 4.21 Å². The van der Waals surface area contributed by atoms with E-state index in [1.54, 1.807) is 0 Å². The van der Waals surface area contributed by atoms with Gasteiger partial charge < -0.3 is 119 Å². The molecule has 15 heteroatoms. The first kappa shape index (κ1) is 95.3. The number of hydrogen-bond acceptors (Lipinski definition) is 10. The SMILES string of the molecule is CCCCCCCCN(CCCCCCCC)C(=S)[S-].CCCCCCCCN(CCCCCCCC)C(=S)[S-].CCCCCCCCN(CCCCCCCC)C(=S)[S-].CCCCCCCCN(CCCCCCCC)C(=S)[S-].O=S.[Mo+4]. The molecule has 0 aromatic rings. The number of nitrogens with zero attached hydrogens (tertiary/aromatic N) is 4. The number of hydrogen-bond donors (Lipinski definition) is 0. The number of unbranched alkanes of at least 4 members (excludes halogenated alkanes) is 40. The average Bonchev–Trinajstić information content (AvgIpc) is 3.46. The van der Waals surface area contributed by atoms with Gasteiger partial charge in [0, 0.05) is 52.4 Å². The first-order valence-corrected chi connectivity index (χ1v) is 38.5. The van der Waals surface area contributed by atoms with Crippen LogP contribution in [0.25, 0.3) is 0 Å². The summed E-state index contributed by atoms with van der Waals surface area (Å²) >= 11 is 44.4. The predicted octanol–water partition coefficient (Wildman–Crippen LogP) is 23.0. The Hall–Kier alpha value is 1.15. The van der Waals surface area contributed by atoms with E-state index in [0.717, 1.165) is 52.4 Å². The van der Waals surface area contributed by atoms with Gasteiger partial charge in [-0.25, -0.2) is 0 Å². The Bertz CT molecular complexity index is 1030. The van der Waals surface area contributed by atoms with Gasteiger partial charge in [-0.05, 0) is 51.4 Å². The molecule has 0 saturated heterocycles. The first-order valence-electron chi connectivity index (χ1n) is 34.9. The summed E-state index contributed by atoms with van der Waals surface area (Å²) in [5.41, 5.74) is 0. The van der Waals surface area contributed by atoms with Crippen molar-refractivity contribution in [1.82, 2.24) is 19.6 Å². The Labute approximate surface area is 584 Å². The molecule has 0 spiro atoms. The van der Waals surface area contributed by atoms with Crippen molar-refractivity contribution in [2.75, 3.05) is 52.4 Å². The van der Waals surface area contributed by atoms with E-state index in [1.807, 2.05) is 0 Å². The molecule has 0 N–H and O–H groups in total. The van der Waals surface area contributed by atoms with Crippen LogP contribution in [0.5, 0.6) is 0 Å². The predicted molar refractivity (Wildman–Crippen MR) is 401 cm³/mol. The maximum atomic E-state index is 7.83. The standard InChI is InChI=1S/4C17H35NS2.Mo.OS/c4*1-3-5-7-9-11-13-15-18(17(19)20)16-14-12-10-8-6-4-2;;1-2/h4*3-16H2,1-2H3,(H,19,20);;/q;;;;+4;/p-4. The second-order valence-corrected chi connectivity index (χ2v) is 27.3. The largest absolute Gasteiger partial charge is 4.00 e. The minimum absolute atomic E-state index is 0. The second kappa shape index (κ2) is 85.2. The van der Waals surface area contributed by atoms with E-state index in [0.29, 0.717) is 17.3 Å². The van der Waals surface area contributed by atoms with Crippen molar-refractivity contribution in [3.8, 4) is 0 Å². The molecule has 0 aliphatic rings. The van der Waals surface area contributed by atoms with Gasteiger partial charge in [0.25, 0.3) is 0 Å². The molecule has 0 atom stereocenters. The van der Waals surface area contributed by atoms with Gasteiger partial charge in [0.2, 0.25) is 0 Å². The van der Waals surface area contributed by atoms with Gasteiger partial charge in [0.15, 0.2) is 12.5 Å². The molecule has 0 aliphatic carbocycles. The van der Waals surface area contributed by atoms with Crippen LogP contribution in [0.1, 0.15) is 364 Å². The van der Waals surface area contributed by atoms with Crippen molar-refractivity contribution in [2.45, 2.75) is 364 Å². The molecule has 0 radical (unpaired) electrons. The van der Waals surface area contributed by atoms with Crippen molar-refractivity contribution in [1.29, 1.82) is 0 Å². The van der Waals surface area contributed by atoms with Gasteiger partial charge >= 0.3 is 21.1 Å². The zero-order valence-electron chi connectivity index (χ0n) is 55.9. The molecule has 494 valence electrons. The zero-order chi connectivity index (χ0) is 62.2. The summed E-state index contributed by atoms with van der Waals surface area (Å²) in [4.78, 5) is 8.96.